The average Bonchev–Trinajstić information content (AvgIpc) is 2.18. The Labute approximate surface area is 79.1 Å². The molecule has 1 rings (SSSR count). The first kappa shape index (κ1) is 10.1. The molecule has 0 saturated carbocycles. The smallest absolute Gasteiger partial charge is 0.323 e. The minimum absolute atomic E-state index is 0.116. The lowest BCUT2D eigenvalue weighted by molar-refractivity contribution is -0.147. The first-order valence-electron chi connectivity index (χ1n) is 4.55. The quantitative estimate of drug-likeness (QED) is 0.462. The van der Waals surface area contributed by atoms with Crippen molar-refractivity contribution < 1.29 is 9.53 Å². The van der Waals surface area contributed by atoms with Gasteiger partial charge >= 0.3 is 5.97 Å². The topological polar surface area (TPSA) is 29.5 Å². The molecule has 1 saturated heterocycles. The van der Waals surface area contributed by atoms with E-state index in [9.17, 15) is 4.79 Å². The van der Waals surface area contributed by atoms with Gasteiger partial charge in [-0.15, -0.1) is 6.42 Å². The number of likely N-dealkylation sites (tertiary alicyclic amines) is 1. The highest BCUT2D eigenvalue weighted by Crippen LogP contribution is 2.17. The molecule has 3 heteroatoms. The van der Waals surface area contributed by atoms with Crippen LogP contribution in [-0.4, -0.2) is 37.1 Å². The standard InChI is InChI=1S/C10H15NO2/c1-3-7-11-8-5-4-6-9(11)10(12)13-2/h1,9H,4-8H2,2H3/t9-/m1/s1. The second-order valence-corrected chi connectivity index (χ2v) is 3.21. The molecule has 1 aliphatic rings. The Bertz CT molecular complexity index is 219. The van der Waals surface area contributed by atoms with Crippen molar-refractivity contribution in [2.24, 2.45) is 0 Å². The summed E-state index contributed by atoms with van der Waals surface area (Å²) in [6.07, 6.45) is 8.29. The van der Waals surface area contributed by atoms with Crippen LogP contribution in [0.25, 0.3) is 0 Å². The van der Waals surface area contributed by atoms with Crippen LogP contribution >= 0.6 is 0 Å². The first-order valence-corrected chi connectivity index (χ1v) is 4.55. The third-order valence-electron chi connectivity index (χ3n) is 2.38. The normalized spacial score (nSPS) is 23.5. The second kappa shape index (κ2) is 4.88. The summed E-state index contributed by atoms with van der Waals surface area (Å²) < 4.78 is 4.72. The van der Waals surface area contributed by atoms with Gasteiger partial charge in [0, 0.05) is 0 Å². The molecule has 0 unspecified atom stereocenters. The van der Waals surface area contributed by atoms with Crippen LogP contribution in [0.2, 0.25) is 0 Å². The zero-order chi connectivity index (χ0) is 9.68. The van der Waals surface area contributed by atoms with Gasteiger partial charge in [-0.25, -0.2) is 0 Å². The molecule has 72 valence electrons. The highest BCUT2D eigenvalue weighted by Gasteiger charge is 2.28. The largest absolute Gasteiger partial charge is 0.468 e. The van der Waals surface area contributed by atoms with Crippen molar-refractivity contribution >= 4 is 5.97 Å². The summed E-state index contributed by atoms with van der Waals surface area (Å²) >= 11 is 0. The van der Waals surface area contributed by atoms with Crippen LogP contribution in [0.5, 0.6) is 0 Å². The molecule has 0 spiro atoms. The minimum Gasteiger partial charge on any atom is -0.468 e. The van der Waals surface area contributed by atoms with Gasteiger partial charge in [-0.05, 0) is 19.4 Å². The lowest BCUT2D eigenvalue weighted by atomic mass is 10.0. The molecule has 0 aliphatic carbocycles. The molecule has 0 aromatic carbocycles. The molecular formula is C10H15NO2. The summed E-state index contributed by atoms with van der Waals surface area (Å²) in [7, 11) is 1.42. The molecule has 0 radical (unpaired) electrons. The number of carbonyl (C=O) groups is 1. The van der Waals surface area contributed by atoms with Crippen molar-refractivity contribution in [1.29, 1.82) is 0 Å². The van der Waals surface area contributed by atoms with E-state index in [1.165, 1.54) is 7.11 Å². The molecule has 13 heavy (non-hydrogen) atoms. The van der Waals surface area contributed by atoms with E-state index in [-0.39, 0.29) is 12.0 Å². The van der Waals surface area contributed by atoms with Crippen LogP contribution in [0.3, 0.4) is 0 Å². The second-order valence-electron chi connectivity index (χ2n) is 3.21. The summed E-state index contributed by atoms with van der Waals surface area (Å²) in [6.45, 7) is 1.45. The predicted molar refractivity (Wildman–Crippen MR) is 50.1 cm³/mol. The van der Waals surface area contributed by atoms with E-state index in [4.69, 9.17) is 11.2 Å². The van der Waals surface area contributed by atoms with E-state index in [0.29, 0.717) is 6.54 Å². The Morgan fingerprint density at radius 1 is 1.69 bits per heavy atom. The van der Waals surface area contributed by atoms with Crippen molar-refractivity contribution in [3.63, 3.8) is 0 Å². The van der Waals surface area contributed by atoms with Crippen molar-refractivity contribution in [3.05, 3.63) is 0 Å². The Hall–Kier alpha value is -1.01. The van der Waals surface area contributed by atoms with Crippen LogP contribution in [0.4, 0.5) is 0 Å². The molecule has 0 bridgehead atoms. The van der Waals surface area contributed by atoms with Crippen LogP contribution in [0.15, 0.2) is 0 Å². The molecule has 3 nitrogen and oxygen atoms in total. The van der Waals surface area contributed by atoms with Crippen molar-refractivity contribution in [2.75, 3.05) is 20.2 Å². The molecule has 0 N–H and O–H groups in total. The van der Waals surface area contributed by atoms with E-state index in [0.717, 1.165) is 25.8 Å². The van der Waals surface area contributed by atoms with E-state index < -0.39 is 0 Å². The number of nitrogens with zero attached hydrogens (tertiary/aromatic N) is 1. The van der Waals surface area contributed by atoms with Crippen molar-refractivity contribution in [1.82, 2.24) is 4.90 Å². The number of ether oxygens (including phenoxy) is 1. The number of esters is 1. The molecular weight excluding hydrogens is 166 g/mol. The molecule has 0 aromatic heterocycles. The zero-order valence-corrected chi connectivity index (χ0v) is 7.95. The van der Waals surface area contributed by atoms with Gasteiger partial charge in [0.2, 0.25) is 0 Å². The Morgan fingerprint density at radius 3 is 3.08 bits per heavy atom. The van der Waals surface area contributed by atoms with E-state index in [1.54, 1.807) is 0 Å². The highest BCUT2D eigenvalue weighted by atomic mass is 16.5. The van der Waals surface area contributed by atoms with Gasteiger partial charge < -0.3 is 4.74 Å². The SMILES string of the molecule is C#CCN1CCCC[C@@H]1C(=O)OC. The highest BCUT2D eigenvalue weighted by molar-refractivity contribution is 5.75. The van der Waals surface area contributed by atoms with Gasteiger partial charge in [-0.2, -0.15) is 0 Å². The van der Waals surface area contributed by atoms with Gasteiger partial charge in [0.05, 0.1) is 13.7 Å². The third kappa shape index (κ3) is 2.46. The number of methoxy groups -OCH3 is 1. The fourth-order valence-corrected chi connectivity index (χ4v) is 1.70. The minimum atomic E-state index is -0.157. The third-order valence-corrected chi connectivity index (χ3v) is 2.38. The fourth-order valence-electron chi connectivity index (χ4n) is 1.70. The van der Waals surface area contributed by atoms with Gasteiger partial charge in [-0.1, -0.05) is 12.3 Å². The molecule has 0 aromatic rings. The number of rotatable bonds is 2. The van der Waals surface area contributed by atoms with Gasteiger partial charge in [-0.3, -0.25) is 9.69 Å². The van der Waals surface area contributed by atoms with Crippen LogP contribution in [0.1, 0.15) is 19.3 Å². The van der Waals surface area contributed by atoms with E-state index in [1.807, 2.05) is 4.90 Å². The van der Waals surface area contributed by atoms with Gasteiger partial charge in [0.25, 0.3) is 0 Å². The van der Waals surface area contributed by atoms with Crippen molar-refractivity contribution in [2.45, 2.75) is 25.3 Å². The number of hydrogen-bond donors (Lipinski definition) is 0. The lowest BCUT2D eigenvalue weighted by Crippen LogP contribution is -2.45. The van der Waals surface area contributed by atoms with E-state index in [2.05, 4.69) is 5.92 Å². The maximum Gasteiger partial charge on any atom is 0.323 e. The average molecular weight is 181 g/mol. The fraction of sp³-hybridized carbons (Fsp3) is 0.700. The molecule has 1 heterocycles. The number of terminal acetylenes is 1. The number of hydrogen-bond acceptors (Lipinski definition) is 3. The summed E-state index contributed by atoms with van der Waals surface area (Å²) in [4.78, 5) is 13.3. The van der Waals surface area contributed by atoms with Gasteiger partial charge in [0.1, 0.15) is 6.04 Å². The summed E-state index contributed by atoms with van der Waals surface area (Å²) in [5.41, 5.74) is 0. The van der Waals surface area contributed by atoms with Crippen LogP contribution in [-0.2, 0) is 9.53 Å². The predicted octanol–water partition coefficient (Wildman–Crippen LogP) is 0.647. The Morgan fingerprint density at radius 2 is 2.46 bits per heavy atom. The molecule has 1 atom stereocenters. The van der Waals surface area contributed by atoms with Crippen LogP contribution in [0, 0.1) is 12.3 Å². The van der Waals surface area contributed by atoms with Gasteiger partial charge in [0.15, 0.2) is 0 Å². The molecule has 0 amide bonds. The van der Waals surface area contributed by atoms with E-state index >= 15 is 0 Å². The Balaban J connectivity index is 2.57. The zero-order valence-electron chi connectivity index (χ0n) is 7.95. The van der Waals surface area contributed by atoms with Crippen molar-refractivity contribution in [3.8, 4) is 12.3 Å². The Kier molecular flexibility index (Phi) is 3.78. The summed E-state index contributed by atoms with van der Waals surface area (Å²) in [5, 5.41) is 0. The summed E-state index contributed by atoms with van der Waals surface area (Å²) in [5.74, 6) is 2.41. The lowest BCUT2D eigenvalue weighted by Gasteiger charge is -2.31. The molecule has 1 aliphatic heterocycles. The maximum absolute atomic E-state index is 11.3. The monoisotopic (exact) mass is 181 g/mol. The number of piperidine rings is 1. The molecule has 1 fully saturated rings. The number of carbonyl (C=O) groups excluding carboxylic acids is 1. The maximum atomic E-state index is 11.3. The van der Waals surface area contributed by atoms with Crippen LogP contribution < -0.4 is 0 Å². The first-order chi connectivity index (χ1) is 6.29. The summed E-state index contributed by atoms with van der Waals surface area (Å²) in [6, 6.07) is -0.116.